The summed E-state index contributed by atoms with van der Waals surface area (Å²) in [4.78, 5) is 2.48. The Morgan fingerprint density at radius 2 is 2.22 bits per heavy atom. The quantitative estimate of drug-likeness (QED) is 0.873. The van der Waals surface area contributed by atoms with Crippen molar-refractivity contribution in [3.63, 3.8) is 0 Å². The molecule has 1 heterocycles. The van der Waals surface area contributed by atoms with E-state index in [9.17, 15) is 0 Å². The molecule has 2 rings (SSSR count). The second kappa shape index (κ2) is 7.24. The fraction of sp³-hybridized carbons (Fsp3) is 0.571. The summed E-state index contributed by atoms with van der Waals surface area (Å²) in [6, 6.07) is 8.93. The van der Waals surface area contributed by atoms with Crippen molar-refractivity contribution in [1.82, 2.24) is 10.2 Å². The lowest BCUT2D eigenvalue weighted by atomic mass is 10.0. The number of halogens is 1. The Morgan fingerprint density at radius 1 is 1.39 bits per heavy atom. The predicted molar refractivity (Wildman–Crippen MR) is 77.5 cm³/mol. The molecule has 18 heavy (non-hydrogen) atoms. The molecule has 4 heteroatoms. The van der Waals surface area contributed by atoms with Gasteiger partial charge in [0, 0.05) is 30.1 Å². The van der Waals surface area contributed by atoms with Crippen LogP contribution in [0, 0.1) is 0 Å². The molecule has 3 nitrogen and oxygen atoms in total. The number of aliphatic hydroxyl groups is 1. The molecule has 1 aromatic carbocycles. The highest BCUT2D eigenvalue weighted by Gasteiger charge is 2.19. The molecule has 0 radical (unpaired) electrons. The van der Waals surface area contributed by atoms with E-state index >= 15 is 0 Å². The number of nitrogens with zero attached hydrogens (tertiary/aromatic N) is 1. The standard InChI is InChI=1S/C14H21BrN2O/c15-14-6-2-1-4-12(14)10-17-8-3-5-13(11-17)16-7-9-18/h1-2,4,6,13,16,18H,3,5,7-11H2. The van der Waals surface area contributed by atoms with Crippen LogP contribution in [0.1, 0.15) is 18.4 Å². The van der Waals surface area contributed by atoms with Crippen LogP contribution >= 0.6 is 15.9 Å². The van der Waals surface area contributed by atoms with E-state index in [0.717, 1.165) is 13.1 Å². The molecule has 1 aliphatic heterocycles. The minimum absolute atomic E-state index is 0.223. The van der Waals surface area contributed by atoms with Gasteiger partial charge in [0.15, 0.2) is 0 Å². The lowest BCUT2D eigenvalue weighted by Gasteiger charge is -2.33. The van der Waals surface area contributed by atoms with Crippen molar-refractivity contribution in [3.8, 4) is 0 Å². The summed E-state index contributed by atoms with van der Waals surface area (Å²) in [5.74, 6) is 0. The highest BCUT2D eigenvalue weighted by atomic mass is 79.9. The third-order valence-electron chi connectivity index (χ3n) is 3.40. The van der Waals surface area contributed by atoms with Crippen molar-refractivity contribution in [2.24, 2.45) is 0 Å². The first kappa shape index (κ1) is 14.0. The number of likely N-dealkylation sites (tertiary alicyclic amines) is 1. The maximum absolute atomic E-state index is 8.85. The molecule has 1 fully saturated rings. The Bertz CT molecular complexity index is 373. The highest BCUT2D eigenvalue weighted by Crippen LogP contribution is 2.20. The van der Waals surface area contributed by atoms with Gasteiger partial charge in [-0.2, -0.15) is 0 Å². The van der Waals surface area contributed by atoms with E-state index in [0.29, 0.717) is 12.6 Å². The Labute approximate surface area is 117 Å². The number of benzene rings is 1. The molecule has 1 aliphatic rings. The second-order valence-corrected chi connectivity index (χ2v) is 5.70. The molecular formula is C14H21BrN2O. The maximum Gasteiger partial charge on any atom is 0.0556 e. The van der Waals surface area contributed by atoms with Crippen molar-refractivity contribution in [1.29, 1.82) is 0 Å². The van der Waals surface area contributed by atoms with Crippen molar-refractivity contribution < 1.29 is 5.11 Å². The lowest BCUT2D eigenvalue weighted by Crippen LogP contribution is -2.46. The van der Waals surface area contributed by atoms with Crippen LogP contribution in [-0.2, 0) is 6.54 Å². The van der Waals surface area contributed by atoms with Gasteiger partial charge < -0.3 is 10.4 Å². The van der Waals surface area contributed by atoms with Gasteiger partial charge in [-0.3, -0.25) is 4.90 Å². The van der Waals surface area contributed by atoms with Gasteiger partial charge in [0.1, 0.15) is 0 Å². The normalized spacial score (nSPS) is 21.1. The number of aliphatic hydroxyl groups excluding tert-OH is 1. The Hall–Kier alpha value is -0.420. The first-order valence-electron chi connectivity index (χ1n) is 6.59. The molecule has 1 atom stereocenters. The van der Waals surface area contributed by atoms with Gasteiger partial charge in [0.05, 0.1) is 6.61 Å². The number of hydrogen-bond acceptors (Lipinski definition) is 3. The Morgan fingerprint density at radius 3 is 3.00 bits per heavy atom. The molecule has 0 amide bonds. The molecule has 1 aromatic rings. The third-order valence-corrected chi connectivity index (χ3v) is 4.18. The zero-order valence-corrected chi connectivity index (χ0v) is 12.2. The smallest absolute Gasteiger partial charge is 0.0556 e. The van der Waals surface area contributed by atoms with Gasteiger partial charge in [0.2, 0.25) is 0 Å². The Balaban J connectivity index is 1.87. The summed E-state index contributed by atoms with van der Waals surface area (Å²) in [6.07, 6.45) is 2.44. The van der Waals surface area contributed by atoms with Gasteiger partial charge in [-0.05, 0) is 31.0 Å². The molecule has 0 aliphatic carbocycles. The predicted octanol–water partition coefficient (Wildman–Crippen LogP) is 2.00. The summed E-state index contributed by atoms with van der Waals surface area (Å²) in [7, 11) is 0. The van der Waals surface area contributed by atoms with Crippen molar-refractivity contribution in [2.75, 3.05) is 26.2 Å². The number of rotatable bonds is 5. The van der Waals surface area contributed by atoms with Crippen LogP contribution in [0.2, 0.25) is 0 Å². The molecule has 100 valence electrons. The van der Waals surface area contributed by atoms with Crippen LogP contribution in [0.15, 0.2) is 28.7 Å². The molecular weight excluding hydrogens is 292 g/mol. The van der Waals surface area contributed by atoms with Crippen LogP contribution in [-0.4, -0.2) is 42.3 Å². The minimum Gasteiger partial charge on any atom is -0.395 e. The largest absolute Gasteiger partial charge is 0.395 e. The van der Waals surface area contributed by atoms with Crippen LogP contribution < -0.4 is 5.32 Å². The molecule has 1 saturated heterocycles. The summed E-state index contributed by atoms with van der Waals surface area (Å²) in [5.41, 5.74) is 1.35. The lowest BCUT2D eigenvalue weighted by molar-refractivity contribution is 0.176. The van der Waals surface area contributed by atoms with Crippen molar-refractivity contribution in [3.05, 3.63) is 34.3 Å². The van der Waals surface area contributed by atoms with Crippen LogP contribution in [0.4, 0.5) is 0 Å². The SMILES string of the molecule is OCCNC1CCCN(Cc2ccccc2Br)C1. The van der Waals surface area contributed by atoms with E-state index < -0.39 is 0 Å². The molecule has 0 aromatic heterocycles. The van der Waals surface area contributed by atoms with E-state index in [4.69, 9.17) is 5.11 Å². The van der Waals surface area contributed by atoms with Crippen molar-refractivity contribution in [2.45, 2.75) is 25.4 Å². The monoisotopic (exact) mass is 312 g/mol. The second-order valence-electron chi connectivity index (χ2n) is 4.84. The zero-order chi connectivity index (χ0) is 12.8. The van der Waals surface area contributed by atoms with Gasteiger partial charge >= 0.3 is 0 Å². The summed E-state index contributed by atoms with van der Waals surface area (Å²) < 4.78 is 1.19. The van der Waals surface area contributed by atoms with E-state index in [-0.39, 0.29) is 6.61 Å². The average Bonchev–Trinajstić information content (AvgIpc) is 2.40. The molecule has 0 saturated carbocycles. The van der Waals surface area contributed by atoms with Gasteiger partial charge in [-0.25, -0.2) is 0 Å². The number of hydrogen-bond donors (Lipinski definition) is 2. The van der Waals surface area contributed by atoms with E-state index in [1.807, 2.05) is 0 Å². The molecule has 0 bridgehead atoms. The van der Waals surface area contributed by atoms with E-state index in [1.54, 1.807) is 0 Å². The van der Waals surface area contributed by atoms with Crippen LogP contribution in [0.25, 0.3) is 0 Å². The van der Waals surface area contributed by atoms with Crippen molar-refractivity contribution >= 4 is 15.9 Å². The fourth-order valence-corrected chi connectivity index (χ4v) is 2.91. The first-order chi connectivity index (χ1) is 8.79. The average molecular weight is 313 g/mol. The number of piperidine rings is 1. The highest BCUT2D eigenvalue weighted by molar-refractivity contribution is 9.10. The van der Waals surface area contributed by atoms with Gasteiger partial charge in [-0.1, -0.05) is 34.1 Å². The van der Waals surface area contributed by atoms with E-state index in [1.165, 1.54) is 29.4 Å². The fourth-order valence-electron chi connectivity index (χ4n) is 2.50. The molecule has 2 N–H and O–H groups in total. The summed E-state index contributed by atoms with van der Waals surface area (Å²) in [6.45, 7) is 4.16. The van der Waals surface area contributed by atoms with Gasteiger partial charge in [-0.15, -0.1) is 0 Å². The first-order valence-corrected chi connectivity index (χ1v) is 7.39. The maximum atomic E-state index is 8.85. The molecule has 1 unspecified atom stereocenters. The van der Waals surface area contributed by atoms with Crippen LogP contribution in [0.3, 0.4) is 0 Å². The Kier molecular flexibility index (Phi) is 5.63. The summed E-state index contributed by atoms with van der Waals surface area (Å²) in [5, 5.41) is 12.3. The molecule has 0 spiro atoms. The van der Waals surface area contributed by atoms with Gasteiger partial charge in [0.25, 0.3) is 0 Å². The zero-order valence-electron chi connectivity index (χ0n) is 10.6. The minimum atomic E-state index is 0.223. The third kappa shape index (κ3) is 4.05. The topological polar surface area (TPSA) is 35.5 Å². The number of nitrogens with one attached hydrogen (secondary N) is 1. The van der Waals surface area contributed by atoms with Crippen LogP contribution in [0.5, 0.6) is 0 Å². The van der Waals surface area contributed by atoms with E-state index in [2.05, 4.69) is 50.4 Å². The summed E-state index contributed by atoms with van der Waals surface area (Å²) >= 11 is 3.60.